The van der Waals surface area contributed by atoms with Gasteiger partial charge in [0, 0.05) is 48.9 Å². The van der Waals surface area contributed by atoms with Gasteiger partial charge in [-0.15, -0.1) is 4.73 Å². The monoisotopic (exact) mass is 611 g/mol. The van der Waals surface area contributed by atoms with Gasteiger partial charge in [0.15, 0.2) is 0 Å². The molecule has 2 unspecified atom stereocenters. The minimum absolute atomic E-state index is 0.104. The molecule has 15 heteroatoms. The summed E-state index contributed by atoms with van der Waals surface area (Å²) >= 11 is 0. The zero-order chi connectivity index (χ0) is 31.1. The van der Waals surface area contributed by atoms with Crippen molar-refractivity contribution in [2.45, 2.75) is 24.5 Å². The van der Waals surface area contributed by atoms with Crippen molar-refractivity contribution in [2.24, 2.45) is 0 Å². The first-order valence-electron chi connectivity index (χ1n) is 12.9. The Balaban J connectivity index is 1.38. The van der Waals surface area contributed by atoms with Crippen molar-refractivity contribution in [3.63, 3.8) is 0 Å². The number of fused-ring (bicyclic) bond motifs is 3. The van der Waals surface area contributed by atoms with Crippen LogP contribution in [-0.2, 0) is 29.2 Å². The summed E-state index contributed by atoms with van der Waals surface area (Å²) < 4.78 is 39.0. The molecular formula is C28H25N3O11S. The van der Waals surface area contributed by atoms with Gasteiger partial charge in [0.05, 0.1) is 0 Å². The number of carbonyl (C=O) groups excluding carboxylic acids is 4. The molecule has 1 aliphatic heterocycles. The van der Waals surface area contributed by atoms with E-state index in [9.17, 15) is 42.4 Å². The van der Waals surface area contributed by atoms with Crippen LogP contribution in [0.15, 0.2) is 60.7 Å². The lowest BCUT2D eigenvalue weighted by atomic mass is 9.95. The van der Waals surface area contributed by atoms with Gasteiger partial charge in [-0.1, -0.05) is 24.3 Å². The molecular weight excluding hydrogens is 586 g/mol. The Kier molecular flexibility index (Phi) is 7.69. The first-order chi connectivity index (χ1) is 20.3. The van der Waals surface area contributed by atoms with Gasteiger partial charge >= 0.3 is 6.16 Å². The standard InChI is InChI=1S/C28H25N3O11S/c1-15(43(38,39)40)16-2-4-18-19-5-3-17(29-23(32)10-11-30-24(33)6-7-25(30)34)13-21(19)22(20(18)12-16)14-41-28(37)42-31-26(35)8-9-27(31)36/h2-9,12-13,15,22,35-36H,10-11,14H2,1H3,(H,29,32)(H,38,39,40). The number of aromatic hydroxyl groups is 2. The second-order valence-corrected chi connectivity index (χ2v) is 11.6. The third-order valence-electron chi connectivity index (χ3n) is 7.16. The van der Waals surface area contributed by atoms with Crippen LogP contribution in [0, 0.1) is 0 Å². The third-order valence-corrected chi connectivity index (χ3v) is 8.33. The van der Waals surface area contributed by atoms with Crippen LogP contribution in [0.3, 0.4) is 0 Å². The van der Waals surface area contributed by atoms with E-state index >= 15 is 0 Å². The van der Waals surface area contributed by atoms with Crippen molar-refractivity contribution in [2.75, 3.05) is 18.5 Å². The lowest BCUT2D eigenvalue weighted by molar-refractivity contribution is -0.137. The van der Waals surface area contributed by atoms with Gasteiger partial charge in [0.2, 0.25) is 17.7 Å². The van der Waals surface area contributed by atoms with Crippen LogP contribution in [0.5, 0.6) is 11.8 Å². The Morgan fingerprint density at radius 1 is 0.953 bits per heavy atom. The van der Waals surface area contributed by atoms with E-state index in [1.165, 1.54) is 6.92 Å². The molecule has 3 amide bonds. The topological polar surface area (TPSA) is 202 Å². The molecule has 2 heterocycles. The van der Waals surface area contributed by atoms with Crippen molar-refractivity contribution in [3.8, 4) is 22.9 Å². The molecule has 0 saturated heterocycles. The van der Waals surface area contributed by atoms with E-state index in [0.29, 0.717) is 32.7 Å². The first-order valence-corrected chi connectivity index (χ1v) is 14.4. The van der Waals surface area contributed by atoms with Gasteiger partial charge < -0.3 is 20.3 Å². The summed E-state index contributed by atoms with van der Waals surface area (Å²) in [5.41, 5.74) is 3.25. The van der Waals surface area contributed by atoms with Crippen molar-refractivity contribution in [3.05, 3.63) is 77.4 Å². The van der Waals surface area contributed by atoms with E-state index in [4.69, 9.17) is 9.57 Å². The predicted octanol–water partition coefficient (Wildman–Crippen LogP) is 2.48. The maximum absolute atomic E-state index is 12.6. The van der Waals surface area contributed by atoms with Crippen LogP contribution in [0.2, 0.25) is 0 Å². The quantitative estimate of drug-likeness (QED) is 0.157. The summed E-state index contributed by atoms with van der Waals surface area (Å²) in [4.78, 5) is 54.3. The normalized spacial score (nSPS) is 16.1. The van der Waals surface area contributed by atoms with E-state index in [0.717, 1.165) is 29.2 Å². The average Bonchev–Trinajstić information content (AvgIpc) is 3.56. The summed E-state index contributed by atoms with van der Waals surface area (Å²) in [5, 5.41) is 20.9. The summed E-state index contributed by atoms with van der Waals surface area (Å²) in [6.07, 6.45) is 0.847. The molecule has 224 valence electrons. The van der Waals surface area contributed by atoms with Crippen LogP contribution >= 0.6 is 0 Å². The maximum atomic E-state index is 12.6. The molecule has 0 bridgehead atoms. The van der Waals surface area contributed by atoms with E-state index < -0.39 is 56.9 Å². The number of hydrogen-bond acceptors (Lipinski definition) is 10. The lowest BCUT2D eigenvalue weighted by Crippen LogP contribution is -2.33. The molecule has 4 N–H and O–H groups in total. The fraction of sp³-hybridized carbons (Fsp3) is 0.214. The summed E-state index contributed by atoms with van der Waals surface area (Å²) in [6.45, 7) is 0.895. The largest absolute Gasteiger partial charge is 0.534 e. The Bertz CT molecular complexity index is 1760. The van der Waals surface area contributed by atoms with Crippen LogP contribution in [0.4, 0.5) is 10.5 Å². The van der Waals surface area contributed by atoms with E-state index in [1.807, 2.05) is 0 Å². The zero-order valence-electron chi connectivity index (χ0n) is 22.5. The van der Waals surface area contributed by atoms with Gasteiger partial charge in [0.1, 0.15) is 11.9 Å². The summed E-state index contributed by atoms with van der Waals surface area (Å²) in [6, 6.07) is 12.0. The Morgan fingerprint density at radius 3 is 2.19 bits per heavy atom. The number of carbonyl (C=O) groups is 4. The summed E-state index contributed by atoms with van der Waals surface area (Å²) in [5.74, 6) is -3.25. The first kappa shape index (κ1) is 29.3. The van der Waals surface area contributed by atoms with Crippen LogP contribution in [0.25, 0.3) is 11.1 Å². The van der Waals surface area contributed by atoms with Gasteiger partial charge in [-0.3, -0.25) is 28.7 Å². The number of hydrogen-bond donors (Lipinski definition) is 4. The highest BCUT2D eigenvalue weighted by molar-refractivity contribution is 7.86. The highest BCUT2D eigenvalue weighted by atomic mass is 32.2. The highest BCUT2D eigenvalue weighted by Crippen LogP contribution is 2.47. The van der Waals surface area contributed by atoms with E-state index in [-0.39, 0.29) is 25.1 Å². The molecule has 43 heavy (non-hydrogen) atoms. The molecule has 2 aromatic carbocycles. The molecule has 1 aliphatic carbocycles. The number of anilines is 1. The van der Waals surface area contributed by atoms with Crippen molar-refractivity contribution in [1.82, 2.24) is 9.63 Å². The summed E-state index contributed by atoms with van der Waals surface area (Å²) in [7, 11) is -4.41. The molecule has 2 aliphatic rings. The molecule has 0 saturated carbocycles. The van der Waals surface area contributed by atoms with Gasteiger partial charge in [0.25, 0.3) is 21.9 Å². The van der Waals surface area contributed by atoms with E-state index in [1.54, 1.807) is 36.4 Å². The molecule has 2 atom stereocenters. The number of amides is 3. The number of imide groups is 1. The molecule has 3 aromatic rings. The number of aromatic nitrogens is 1. The van der Waals surface area contributed by atoms with Gasteiger partial charge in [-0.2, -0.15) is 8.42 Å². The molecule has 0 spiro atoms. The molecule has 0 fully saturated rings. The fourth-order valence-corrected chi connectivity index (χ4v) is 5.39. The number of nitrogens with zero attached hydrogens (tertiary/aromatic N) is 2. The van der Waals surface area contributed by atoms with Crippen molar-refractivity contribution in [1.29, 1.82) is 0 Å². The zero-order valence-corrected chi connectivity index (χ0v) is 23.3. The Morgan fingerprint density at radius 2 is 1.56 bits per heavy atom. The third kappa shape index (κ3) is 5.93. The highest BCUT2D eigenvalue weighted by Gasteiger charge is 2.33. The predicted molar refractivity (Wildman–Crippen MR) is 148 cm³/mol. The lowest BCUT2D eigenvalue weighted by Gasteiger charge is -2.17. The van der Waals surface area contributed by atoms with Gasteiger partial charge in [-0.05, 0) is 46.9 Å². The van der Waals surface area contributed by atoms with Crippen molar-refractivity contribution < 1.29 is 51.9 Å². The second kappa shape index (κ2) is 11.3. The SMILES string of the molecule is CC(c1ccc2c(c1)C(COC(=O)On1c(O)ccc1O)c1cc(NC(=O)CCN3C(=O)C=CC3=O)ccc1-2)S(=O)(=O)O. The second-order valence-electron chi connectivity index (χ2n) is 9.81. The minimum atomic E-state index is -4.41. The number of ether oxygens (including phenoxy) is 1. The minimum Gasteiger partial charge on any atom is -0.492 e. The average molecular weight is 612 g/mol. The Hall–Kier alpha value is -5.15. The Labute approximate surface area is 244 Å². The molecule has 1 aromatic heterocycles. The molecule has 0 radical (unpaired) electrons. The van der Waals surface area contributed by atoms with Crippen LogP contribution < -0.4 is 10.2 Å². The molecule has 5 rings (SSSR count). The van der Waals surface area contributed by atoms with E-state index in [2.05, 4.69) is 5.32 Å². The van der Waals surface area contributed by atoms with Gasteiger partial charge in [-0.25, -0.2) is 4.79 Å². The maximum Gasteiger partial charge on any atom is 0.534 e. The number of rotatable bonds is 9. The number of benzene rings is 2. The smallest absolute Gasteiger partial charge is 0.492 e. The number of nitrogens with one attached hydrogen (secondary N) is 1. The molecule has 14 nitrogen and oxygen atoms in total. The van der Waals surface area contributed by atoms with Crippen LogP contribution in [0.1, 0.15) is 41.2 Å². The fourth-order valence-electron chi connectivity index (χ4n) is 4.90. The van der Waals surface area contributed by atoms with Crippen molar-refractivity contribution >= 4 is 39.7 Å². The van der Waals surface area contributed by atoms with Crippen LogP contribution in [-0.4, -0.2) is 69.8 Å².